The third kappa shape index (κ3) is 11.4. The van der Waals surface area contributed by atoms with Crippen LogP contribution in [0.1, 0.15) is 161 Å². The van der Waals surface area contributed by atoms with Gasteiger partial charge in [-0.1, -0.05) is 135 Å². The van der Waals surface area contributed by atoms with Crippen LogP contribution < -0.4 is 0 Å². The molecular weight excluding hydrogens is 422 g/mol. The van der Waals surface area contributed by atoms with Gasteiger partial charge in [-0.15, -0.1) is 0 Å². The van der Waals surface area contributed by atoms with Crippen molar-refractivity contribution in [2.75, 3.05) is 20.6 Å². The molecule has 0 heterocycles. The Labute approximate surface area is 222 Å². The van der Waals surface area contributed by atoms with E-state index in [1.165, 1.54) is 135 Å². The Bertz CT molecular complexity index is 611. The van der Waals surface area contributed by atoms with Crippen molar-refractivity contribution in [2.45, 2.75) is 162 Å². The Kier molecular flexibility index (Phi) is 17.8. The minimum absolute atomic E-state index is 0.256. The Balaban J connectivity index is 2.49. The first-order chi connectivity index (χ1) is 17.0. The van der Waals surface area contributed by atoms with E-state index in [0.717, 1.165) is 4.48 Å². The van der Waals surface area contributed by atoms with Crippen LogP contribution in [0.5, 0.6) is 0 Å². The molecule has 0 N–H and O–H groups in total. The lowest BCUT2D eigenvalue weighted by molar-refractivity contribution is -0.951. The highest BCUT2D eigenvalue weighted by Gasteiger charge is 2.46. The maximum atomic E-state index is 2.54. The number of unbranched alkanes of at least 4 members (excludes halogenated alkanes) is 13. The normalized spacial score (nSPS) is 12.4. The van der Waals surface area contributed by atoms with E-state index in [2.05, 4.69) is 66.1 Å². The van der Waals surface area contributed by atoms with Gasteiger partial charge in [0.25, 0.3) is 0 Å². The number of nitrogens with zero attached hydrogens (tertiary/aromatic N) is 1. The first-order valence-electron chi connectivity index (χ1n) is 15.9. The predicted molar refractivity (Wildman–Crippen MR) is 159 cm³/mol. The van der Waals surface area contributed by atoms with E-state index < -0.39 is 0 Å². The van der Waals surface area contributed by atoms with Crippen molar-refractivity contribution in [1.29, 1.82) is 0 Å². The summed E-state index contributed by atoms with van der Waals surface area (Å²) >= 11 is 0. The summed E-state index contributed by atoms with van der Waals surface area (Å²) in [6, 6.07) is 9.43. The molecule has 0 aromatic heterocycles. The average molecular weight is 487 g/mol. The van der Waals surface area contributed by atoms with Gasteiger partial charge in [-0.2, -0.15) is 0 Å². The Morgan fingerprint density at radius 2 is 1.00 bits per heavy atom. The van der Waals surface area contributed by atoms with Crippen LogP contribution in [0.25, 0.3) is 0 Å². The first kappa shape index (κ1) is 32.2. The second-order valence-electron chi connectivity index (χ2n) is 11.9. The third-order valence-electron chi connectivity index (χ3n) is 8.59. The van der Waals surface area contributed by atoms with Crippen molar-refractivity contribution in [3.8, 4) is 0 Å². The molecule has 0 amide bonds. The molecule has 1 aromatic rings. The minimum Gasteiger partial charge on any atom is -0.320 e. The largest absolute Gasteiger partial charge is 0.320 e. The fourth-order valence-corrected chi connectivity index (χ4v) is 6.53. The van der Waals surface area contributed by atoms with E-state index in [-0.39, 0.29) is 5.54 Å². The second kappa shape index (κ2) is 19.3. The Hall–Kier alpha value is -0.820. The minimum atomic E-state index is 0.256. The number of aryl methyl sites for hydroxylation is 1. The van der Waals surface area contributed by atoms with Gasteiger partial charge in [0.05, 0.1) is 20.6 Å². The Morgan fingerprint density at radius 3 is 1.46 bits per heavy atom. The molecule has 1 rings (SSSR count). The van der Waals surface area contributed by atoms with Crippen molar-refractivity contribution in [3.05, 3.63) is 35.4 Å². The lowest BCUT2D eigenvalue weighted by Gasteiger charge is -2.50. The van der Waals surface area contributed by atoms with Crippen LogP contribution in [-0.4, -0.2) is 25.1 Å². The zero-order valence-electron chi connectivity index (χ0n) is 25.1. The molecule has 0 saturated heterocycles. The van der Waals surface area contributed by atoms with E-state index in [1.54, 1.807) is 11.1 Å². The van der Waals surface area contributed by atoms with Crippen molar-refractivity contribution >= 4 is 0 Å². The number of hydrogen-bond acceptors (Lipinski definition) is 0. The third-order valence-corrected chi connectivity index (χ3v) is 8.59. The average Bonchev–Trinajstić information content (AvgIpc) is 2.84. The van der Waals surface area contributed by atoms with Gasteiger partial charge in [0.2, 0.25) is 0 Å². The molecular formula is C34H64N+. The summed E-state index contributed by atoms with van der Waals surface area (Å²) < 4.78 is 1.15. The van der Waals surface area contributed by atoms with Gasteiger partial charge in [0, 0.05) is 18.4 Å². The van der Waals surface area contributed by atoms with E-state index in [1.807, 2.05) is 0 Å². The maximum Gasteiger partial charge on any atom is 0.125 e. The van der Waals surface area contributed by atoms with Crippen LogP contribution >= 0.6 is 0 Å². The van der Waals surface area contributed by atoms with Crippen LogP contribution in [0, 0.1) is 0 Å². The van der Waals surface area contributed by atoms with E-state index >= 15 is 0 Å². The summed E-state index contributed by atoms with van der Waals surface area (Å²) in [6.07, 6.45) is 27.7. The highest BCUT2D eigenvalue weighted by molar-refractivity contribution is 5.33. The number of rotatable bonds is 23. The second-order valence-corrected chi connectivity index (χ2v) is 11.9. The standard InChI is InChI=1S/C34H64N/c1-7-11-12-13-14-15-16-17-18-19-20-21-22-25-31-35(5,6)34(29-9-3,30-10-4)33-28-24-23-27-32(33)26-8-2/h23-24,27-28H,7-22,25-26,29-31H2,1-6H3/q+1. The molecule has 0 aliphatic carbocycles. The highest BCUT2D eigenvalue weighted by Crippen LogP contribution is 2.43. The fraction of sp³-hybridized carbons (Fsp3) is 0.824. The quantitative estimate of drug-likeness (QED) is 0.106. The van der Waals surface area contributed by atoms with Crippen molar-refractivity contribution in [1.82, 2.24) is 0 Å². The molecule has 0 unspecified atom stereocenters. The maximum absolute atomic E-state index is 2.54. The first-order valence-corrected chi connectivity index (χ1v) is 15.9. The SMILES string of the molecule is CCCCCCCCCCCCCCCC[N+](C)(C)C(CCC)(CCC)c1ccccc1CCC. The smallest absolute Gasteiger partial charge is 0.125 e. The fourth-order valence-electron chi connectivity index (χ4n) is 6.53. The number of benzene rings is 1. The molecule has 0 fully saturated rings. The Morgan fingerprint density at radius 1 is 0.543 bits per heavy atom. The molecule has 0 aliphatic rings. The van der Waals surface area contributed by atoms with Gasteiger partial charge < -0.3 is 4.48 Å². The van der Waals surface area contributed by atoms with Crippen LogP contribution in [0.4, 0.5) is 0 Å². The molecule has 1 heteroatoms. The van der Waals surface area contributed by atoms with Crippen LogP contribution in [0.15, 0.2) is 24.3 Å². The van der Waals surface area contributed by atoms with Crippen molar-refractivity contribution in [3.63, 3.8) is 0 Å². The molecule has 0 saturated carbocycles. The van der Waals surface area contributed by atoms with E-state index in [4.69, 9.17) is 0 Å². The van der Waals surface area contributed by atoms with Gasteiger partial charge in [-0.05, 0) is 37.7 Å². The predicted octanol–water partition coefficient (Wildman–Crippen LogP) is 11.0. The summed E-state index contributed by atoms with van der Waals surface area (Å²) in [5.74, 6) is 0. The van der Waals surface area contributed by atoms with Gasteiger partial charge in [-0.3, -0.25) is 0 Å². The molecule has 0 radical (unpaired) electrons. The van der Waals surface area contributed by atoms with Crippen LogP contribution in [0.3, 0.4) is 0 Å². The molecule has 1 nitrogen and oxygen atoms in total. The number of hydrogen-bond donors (Lipinski definition) is 0. The topological polar surface area (TPSA) is 0 Å². The molecule has 35 heavy (non-hydrogen) atoms. The lowest BCUT2D eigenvalue weighted by Crippen LogP contribution is -2.58. The summed E-state index contributed by atoms with van der Waals surface area (Å²) in [6.45, 7) is 10.7. The van der Waals surface area contributed by atoms with Crippen molar-refractivity contribution in [2.24, 2.45) is 0 Å². The van der Waals surface area contributed by atoms with Gasteiger partial charge in [-0.25, -0.2) is 0 Å². The van der Waals surface area contributed by atoms with E-state index in [0.29, 0.717) is 0 Å². The summed E-state index contributed by atoms with van der Waals surface area (Å²) in [5, 5.41) is 0. The van der Waals surface area contributed by atoms with Crippen molar-refractivity contribution < 1.29 is 4.48 Å². The van der Waals surface area contributed by atoms with Gasteiger partial charge in [0.1, 0.15) is 5.54 Å². The molecule has 0 bridgehead atoms. The highest BCUT2D eigenvalue weighted by atomic mass is 15.4. The van der Waals surface area contributed by atoms with Gasteiger partial charge in [0.15, 0.2) is 0 Å². The molecule has 0 atom stereocenters. The molecule has 0 aliphatic heterocycles. The van der Waals surface area contributed by atoms with Gasteiger partial charge >= 0.3 is 0 Å². The monoisotopic (exact) mass is 487 g/mol. The lowest BCUT2D eigenvalue weighted by atomic mass is 9.75. The van der Waals surface area contributed by atoms with Crippen LogP contribution in [-0.2, 0) is 12.0 Å². The van der Waals surface area contributed by atoms with Crippen LogP contribution in [0.2, 0.25) is 0 Å². The zero-order valence-corrected chi connectivity index (χ0v) is 25.1. The summed E-state index contributed by atoms with van der Waals surface area (Å²) in [4.78, 5) is 0. The molecule has 0 spiro atoms. The number of quaternary nitrogens is 1. The molecule has 1 aromatic carbocycles. The van der Waals surface area contributed by atoms with E-state index in [9.17, 15) is 0 Å². The summed E-state index contributed by atoms with van der Waals surface area (Å²) in [7, 11) is 5.08. The molecule has 204 valence electrons. The zero-order chi connectivity index (χ0) is 25.8. The summed E-state index contributed by atoms with van der Waals surface area (Å²) in [5.41, 5.74) is 3.51.